The minimum atomic E-state index is 0. The zero-order valence-corrected chi connectivity index (χ0v) is 15.5. The molecular formula is C9H45N9S9. The third kappa shape index (κ3) is 472000. The third-order valence-corrected chi connectivity index (χ3v) is 0. The zero-order chi connectivity index (χ0) is 18.0. The van der Waals surface area contributed by atoms with E-state index >= 15 is 0 Å². The van der Waals surface area contributed by atoms with Crippen molar-refractivity contribution < 1.29 is 0 Å². The van der Waals surface area contributed by atoms with Crippen LogP contribution in [0.15, 0.2) is 0 Å². The summed E-state index contributed by atoms with van der Waals surface area (Å²) in [6, 6.07) is 0. The van der Waals surface area contributed by atoms with Crippen molar-refractivity contribution in [3.05, 3.63) is 0 Å². The van der Waals surface area contributed by atoms with Gasteiger partial charge in [0, 0.05) is 112 Å². The second-order valence-electron chi connectivity index (χ2n) is 0. The van der Waals surface area contributed by atoms with Crippen LogP contribution in [0.25, 0.3) is 0 Å². The summed E-state index contributed by atoms with van der Waals surface area (Å²) in [5.74, 6) is 0. The van der Waals surface area contributed by atoms with Crippen molar-refractivity contribution >= 4 is 112 Å². The molecule has 0 aromatic rings. The number of hydrogen-bond donors (Lipinski definition) is 9. The van der Waals surface area contributed by atoms with E-state index in [0.29, 0.717) is 0 Å². The van der Waals surface area contributed by atoms with Crippen molar-refractivity contribution in [2.75, 3.05) is 0 Å². The van der Waals surface area contributed by atoms with E-state index in [1.54, 1.807) is 0 Å². The second-order valence-corrected chi connectivity index (χ2v) is 0. The largest absolute Gasteiger partial charge is 0.235 e. The van der Waals surface area contributed by atoms with E-state index in [0.717, 1.165) is 0 Å². The lowest BCUT2D eigenvalue weighted by molar-refractivity contribution is 1.67. The molecule has 0 aromatic carbocycles. The average Bonchev–Trinajstić information content (AvgIpc) is 2.63. The maximum Gasteiger partial charge on any atom is 0.0324 e. The normalized spacial score (nSPS) is 1.33. The van der Waals surface area contributed by atoms with Gasteiger partial charge in [-0.25, -0.2) is 43.0 Å². The molecule has 0 aromatic heterocycles. The van der Waals surface area contributed by atoms with Crippen LogP contribution in [0.2, 0.25) is 0 Å². The van der Waals surface area contributed by atoms with Gasteiger partial charge in [0.15, 0.2) is 0 Å². The highest BCUT2D eigenvalue weighted by molar-refractivity contribution is 7.46. The van der Waals surface area contributed by atoms with Gasteiger partial charge in [-0.05, 0) is 0 Å². The Morgan fingerprint density at radius 2 is 0.148 bits per heavy atom. The molecule has 0 bridgehead atoms. The smallest absolute Gasteiger partial charge is 0.0324 e. The van der Waals surface area contributed by atoms with E-state index < -0.39 is 0 Å². The molecule has 0 saturated heterocycles. The van der Waals surface area contributed by atoms with E-state index in [1.165, 1.54) is 0 Å². The first-order chi connectivity index (χ1) is 9.00. The molecule has 0 amide bonds. The van der Waals surface area contributed by atoms with Gasteiger partial charge in [0.1, 0.15) is 0 Å². The molecule has 18 heteroatoms. The minimum absolute atomic E-state index is 0. The Morgan fingerprint density at radius 3 is 0.148 bits per heavy atom. The molecule has 0 fully saturated rings. The van der Waals surface area contributed by atoms with Crippen LogP contribution in [0.4, 0.5) is 0 Å². The molecule has 0 aliphatic heterocycles. The summed E-state index contributed by atoms with van der Waals surface area (Å²) in [7, 11) is 0. The summed E-state index contributed by atoms with van der Waals surface area (Å²) in [6.07, 6.45) is 0. The summed E-state index contributed by atoms with van der Waals surface area (Å²) in [5.41, 5.74) is 0. The fourth-order valence-corrected chi connectivity index (χ4v) is 0. The summed E-state index contributed by atoms with van der Waals surface area (Å²) >= 11 is 30.0. The third-order valence-electron chi connectivity index (χ3n) is 0. The highest BCUT2D eigenvalue weighted by atomic mass is 32.1. The van der Waals surface area contributed by atoms with Gasteiger partial charge in [-0.15, -0.1) is 0 Å². The Hall–Kier alpha value is 0.180. The topological polar surface area (TPSA) is 215 Å². The van der Waals surface area contributed by atoms with Gasteiger partial charge < -0.3 is 0 Å². The van der Waals surface area contributed by atoms with Gasteiger partial charge >= 0.3 is 0 Å². The predicted octanol–water partition coefficient (Wildman–Crippen LogP) is 8.39. The fourth-order valence-electron chi connectivity index (χ4n) is 0. The summed E-state index contributed by atoms with van der Waals surface area (Å²) < 4.78 is 48.0. The fraction of sp³-hybridized carbons (Fsp3) is 1.00. The molecule has 0 unspecified atom stereocenters. The molecule has 0 aliphatic carbocycles. The van der Waals surface area contributed by atoms with Crippen molar-refractivity contribution in [2.45, 2.75) is 66.8 Å². The highest BCUT2D eigenvalue weighted by Crippen LogP contribution is 0.765. The maximum absolute atomic E-state index is 5.33. The maximum atomic E-state index is 5.33. The summed E-state index contributed by atoms with van der Waals surface area (Å²) in [4.78, 5) is 0. The minimum Gasteiger partial charge on any atom is -0.235 e. The van der Waals surface area contributed by atoms with Gasteiger partial charge in [-0.3, -0.25) is 0 Å². The molecule has 0 atom stereocenters. The monoisotopic (exact) mass is 567 g/mol. The van der Waals surface area contributed by atoms with Crippen LogP contribution in [0.1, 0.15) is 66.8 Å². The molecule has 9 nitrogen and oxygen atoms in total. The van der Waals surface area contributed by atoms with Gasteiger partial charge in [-0.2, -0.15) is 0 Å². The van der Waals surface area contributed by atoms with Crippen LogP contribution < -0.4 is 0 Å². The van der Waals surface area contributed by atoms with Gasteiger partial charge in [0.05, 0.1) is 0 Å². The quantitative estimate of drug-likeness (QED) is 0.137. The first-order valence-corrected chi connectivity index (χ1v) is 5.51. The molecule has 0 spiro atoms. The van der Waals surface area contributed by atoms with Crippen LogP contribution >= 0.6 is 0 Å². The SMILES string of the molecule is C.C.C.C.C.C.C.C.C.N=S.N=S.N=S.N=S.N=S.N=S.N=S.N=S.N=S. The molecule has 0 aliphatic rings. The van der Waals surface area contributed by atoms with Crippen LogP contribution in [0.3, 0.4) is 0 Å². The van der Waals surface area contributed by atoms with Gasteiger partial charge in [-0.1, -0.05) is 66.8 Å². The van der Waals surface area contributed by atoms with Crippen molar-refractivity contribution in [3.63, 3.8) is 0 Å². The van der Waals surface area contributed by atoms with E-state index in [4.69, 9.17) is 43.0 Å². The molecule has 9 N–H and O–H groups in total. The first-order valence-electron chi connectivity index (χ1n) is 1.84. The van der Waals surface area contributed by atoms with E-state index in [2.05, 4.69) is 112 Å². The van der Waals surface area contributed by atoms with Crippen molar-refractivity contribution in [2.24, 2.45) is 0 Å². The van der Waals surface area contributed by atoms with Gasteiger partial charge in [0.25, 0.3) is 0 Å². The molecule has 0 rings (SSSR count). The Bertz CT molecular complexity index is 71.3. The molecule has 0 saturated carbocycles. The summed E-state index contributed by atoms with van der Waals surface area (Å²) in [6.45, 7) is 0. The average molecular weight is 568 g/mol. The Labute approximate surface area is 220 Å². The lowest BCUT2D eigenvalue weighted by Crippen LogP contribution is -0.668. The van der Waals surface area contributed by atoms with Crippen molar-refractivity contribution in [1.82, 2.24) is 0 Å². The molecule has 0 heterocycles. The van der Waals surface area contributed by atoms with Crippen LogP contribution in [-0.2, 0) is 112 Å². The second kappa shape index (κ2) is 512000. The molecular weight excluding hydrogens is 523 g/mol. The molecule has 180 valence electrons. The van der Waals surface area contributed by atoms with Crippen LogP contribution in [0.5, 0.6) is 0 Å². The number of nitrogens with one attached hydrogen (secondary N) is 9. The van der Waals surface area contributed by atoms with Gasteiger partial charge in [0.2, 0.25) is 0 Å². The van der Waals surface area contributed by atoms with Crippen LogP contribution in [0, 0.1) is 43.0 Å². The lowest BCUT2D eigenvalue weighted by atomic mass is 12.0. The Balaban J connectivity index is -0.00000000202. The van der Waals surface area contributed by atoms with Crippen molar-refractivity contribution in [1.29, 1.82) is 43.0 Å². The number of rotatable bonds is 0. The first kappa shape index (κ1) is 221. The summed E-state index contributed by atoms with van der Waals surface area (Å²) in [5, 5.41) is 0. The highest BCUT2D eigenvalue weighted by Gasteiger charge is 0.634. The lowest BCUT2D eigenvalue weighted by Gasteiger charge is -0.821. The van der Waals surface area contributed by atoms with Crippen molar-refractivity contribution in [3.8, 4) is 0 Å². The van der Waals surface area contributed by atoms with E-state index in [1.807, 2.05) is 0 Å². The predicted molar refractivity (Wildman–Crippen MR) is 151 cm³/mol. The molecule has 27 heavy (non-hydrogen) atoms. The van der Waals surface area contributed by atoms with E-state index in [-0.39, 0.29) is 66.8 Å². The Morgan fingerprint density at radius 1 is 0.148 bits per heavy atom. The zero-order valence-electron chi connectivity index (χ0n) is 8.17. The number of hydrogen-bond acceptors (Lipinski definition) is 18. The van der Waals surface area contributed by atoms with E-state index in [9.17, 15) is 0 Å². The Kier molecular flexibility index (Phi) is 4190000. The standard InChI is InChI=1S/9CH4.9HNS/c;;;;;;;;;9*1-2/h9*1H4;9*1H. The van der Waals surface area contributed by atoms with Crippen LogP contribution in [-0.4, -0.2) is 0 Å². The molecule has 0 radical (unpaired) electrons.